The number of rotatable bonds is 3. The van der Waals surface area contributed by atoms with Gasteiger partial charge in [0.25, 0.3) is 0 Å². The molecule has 0 radical (unpaired) electrons. The molecule has 0 aromatic heterocycles. The number of hydrogen-bond acceptors (Lipinski definition) is 6. The van der Waals surface area contributed by atoms with Crippen molar-refractivity contribution < 1.29 is 29.6 Å². The molecule has 0 aromatic carbocycles. The summed E-state index contributed by atoms with van der Waals surface area (Å²) in [6, 6.07) is 0. The topological polar surface area (TPSA) is 96.2 Å². The van der Waals surface area contributed by atoms with Crippen LogP contribution in [0.2, 0.25) is 0 Å². The average molecular weight is 206 g/mol. The van der Waals surface area contributed by atoms with Crippen LogP contribution in [0.4, 0.5) is 0 Å². The Morgan fingerprint density at radius 3 is 2.50 bits per heavy atom. The number of aliphatic hydroxyl groups is 3. The van der Waals surface area contributed by atoms with Gasteiger partial charge in [-0.05, 0) is 0 Å². The fraction of sp³-hybridized carbons (Fsp3) is 0.875. The van der Waals surface area contributed by atoms with Gasteiger partial charge in [-0.15, -0.1) is 0 Å². The van der Waals surface area contributed by atoms with Gasteiger partial charge >= 0.3 is 0 Å². The molecule has 1 saturated heterocycles. The third-order valence-electron chi connectivity index (χ3n) is 2.32. The highest BCUT2D eigenvalue weighted by atomic mass is 16.7. The maximum absolute atomic E-state index is 10.6. The molecule has 1 heterocycles. The van der Waals surface area contributed by atoms with Gasteiger partial charge in [-0.1, -0.05) is 0 Å². The first-order valence-corrected chi connectivity index (χ1v) is 4.26. The maximum Gasteiger partial charge on any atom is 0.169 e. The standard InChI is InChI=1S/C8H14O6/c1-13-8-4(2-9)6(11)7(12)5(3-10)14-8/h2,4-8,10-12H,3H2,1H3/t4-,5-,6-,7-,8-/m1/s1. The molecule has 0 aliphatic carbocycles. The van der Waals surface area contributed by atoms with Crippen molar-refractivity contribution in [3.05, 3.63) is 0 Å². The molecule has 1 aliphatic heterocycles. The summed E-state index contributed by atoms with van der Waals surface area (Å²) >= 11 is 0. The van der Waals surface area contributed by atoms with Crippen LogP contribution < -0.4 is 0 Å². The van der Waals surface area contributed by atoms with Crippen molar-refractivity contribution in [1.82, 2.24) is 0 Å². The largest absolute Gasteiger partial charge is 0.394 e. The van der Waals surface area contributed by atoms with E-state index >= 15 is 0 Å². The molecule has 6 nitrogen and oxygen atoms in total. The summed E-state index contributed by atoms with van der Waals surface area (Å²) in [5.41, 5.74) is 0. The predicted octanol–water partition coefficient (Wildman–Crippen LogP) is -2.11. The van der Waals surface area contributed by atoms with Crippen LogP contribution in [0.1, 0.15) is 0 Å². The molecule has 6 heteroatoms. The van der Waals surface area contributed by atoms with Crippen LogP contribution in [0.25, 0.3) is 0 Å². The number of aliphatic hydroxyl groups excluding tert-OH is 3. The van der Waals surface area contributed by atoms with Crippen molar-refractivity contribution >= 4 is 6.29 Å². The van der Waals surface area contributed by atoms with E-state index in [4.69, 9.17) is 14.6 Å². The molecular weight excluding hydrogens is 192 g/mol. The Labute approximate surface area is 81.1 Å². The van der Waals surface area contributed by atoms with Gasteiger partial charge in [0, 0.05) is 7.11 Å². The third kappa shape index (κ3) is 1.94. The van der Waals surface area contributed by atoms with Crippen molar-refractivity contribution in [3.63, 3.8) is 0 Å². The van der Waals surface area contributed by atoms with Gasteiger partial charge in [-0.25, -0.2) is 0 Å². The number of carbonyl (C=O) groups excluding carboxylic acids is 1. The zero-order valence-electron chi connectivity index (χ0n) is 7.74. The zero-order valence-corrected chi connectivity index (χ0v) is 7.74. The molecule has 82 valence electrons. The number of hydrogen-bond donors (Lipinski definition) is 3. The first-order chi connectivity index (χ1) is 6.65. The van der Waals surface area contributed by atoms with Gasteiger partial charge in [0.2, 0.25) is 0 Å². The highest BCUT2D eigenvalue weighted by Crippen LogP contribution is 2.25. The molecule has 1 aliphatic rings. The Morgan fingerprint density at radius 1 is 1.43 bits per heavy atom. The number of methoxy groups -OCH3 is 1. The summed E-state index contributed by atoms with van der Waals surface area (Å²) in [6.45, 7) is -0.441. The second-order valence-corrected chi connectivity index (χ2v) is 3.16. The molecule has 1 fully saturated rings. The summed E-state index contributed by atoms with van der Waals surface area (Å²) in [7, 11) is 1.32. The molecular formula is C8H14O6. The van der Waals surface area contributed by atoms with E-state index in [-0.39, 0.29) is 0 Å². The summed E-state index contributed by atoms with van der Waals surface area (Å²) in [5, 5.41) is 27.7. The van der Waals surface area contributed by atoms with Crippen LogP contribution >= 0.6 is 0 Å². The van der Waals surface area contributed by atoms with Gasteiger partial charge in [0.15, 0.2) is 6.29 Å². The van der Waals surface area contributed by atoms with Crippen LogP contribution in [0.15, 0.2) is 0 Å². The van der Waals surface area contributed by atoms with Crippen molar-refractivity contribution in [2.45, 2.75) is 24.6 Å². The van der Waals surface area contributed by atoms with Crippen LogP contribution in [0, 0.1) is 5.92 Å². The van der Waals surface area contributed by atoms with Crippen molar-refractivity contribution in [2.75, 3.05) is 13.7 Å². The molecule has 5 atom stereocenters. The number of aldehydes is 1. The first-order valence-electron chi connectivity index (χ1n) is 4.26. The summed E-state index contributed by atoms with van der Waals surface area (Å²) in [5.74, 6) is -0.933. The summed E-state index contributed by atoms with van der Waals surface area (Å²) in [4.78, 5) is 10.6. The maximum atomic E-state index is 10.6. The smallest absolute Gasteiger partial charge is 0.169 e. The Balaban J connectivity index is 2.76. The van der Waals surface area contributed by atoms with E-state index in [1.165, 1.54) is 7.11 Å². The Morgan fingerprint density at radius 2 is 2.07 bits per heavy atom. The van der Waals surface area contributed by atoms with Crippen LogP contribution in [0.3, 0.4) is 0 Å². The fourth-order valence-corrected chi connectivity index (χ4v) is 1.46. The number of carbonyl (C=O) groups is 1. The normalized spacial score (nSPS) is 43.6. The minimum atomic E-state index is -1.28. The SMILES string of the molecule is CO[C@@H]1O[C@H](CO)[C@@H](O)[C@H](O)[C@H]1C=O. The van der Waals surface area contributed by atoms with E-state index in [2.05, 4.69) is 0 Å². The third-order valence-corrected chi connectivity index (χ3v) is 2.32. The van der Waals surface area contributed by atoms with Gasteiger partial charge in [-0.2, -0.15) is 0 Å². The molecule has 1 rings (SSSR count). The molecule has 3 N–H and O–H groups in total. The van der Waals surface area contributed by atoms with Gasteiger partial charge < -0.3 is 29.6 Å². The Kier molecular flexibility index (Phi) is 3.97. The number of ether oxygens (including phenoxy) is 2. The van der Waals surface area contributed by atoms with E-state index < -0.39 is 37.1 Å². The molecule has 14 heavy (non-hydrogen) atoms. The predicted molar refractivity (Wildman–Crippen MR) is 44.3 cm³/mol. The van der Waals surface area contributed by atoms with Crippen molar-refractivity contribution in [3.8, 4) is 0 Å². The van der Waals surface area contributed by atoms with Crippen LogP contribution in [0.5, 0.6) is 0 Å². The monoisotopic (exact) mass is 206 g/mol. The second kappa shape index (κ2) is 4.81. The fourth-order valence-electron chi connectivity index (χ4n) is 1.46. The zero-order chi connectivity index (χ0) is 10.7. The second-order valence-electron chi connectivity index (χ2n) is 3.16. The van der Waals surface area contributed by atoms with Gasteiger partial charge in [-0.3, -0.25) is 0 Å². The van der Waals surface area contributed by atoms with E-state index in [0.29, 0.717) is 6.29 Å². The molecule has 0 amide bonds. The lowest BCUT2D eigenvalue weighted by Crippen LogP contribution is -2.56. The van der Waals surface area contributed by atoms with Gasteiger partial charge in [0.05, 0.1) is 18.6 Å². The van der Waals surface area contributed by atoms with E-state index in [1.807, 2.05) is 0 Å². The Bertz CT molecular complexity index is 194. The summed E-state index contributed by atoms with van der Waals surface area (Å²) < 4.78 is 9.87. The lowest BCUT2D eigenvalue weighted by molar-refractivity contribution is -0.269. The lowest BCUT2D eigenvalue weighted by Gasteiger charge is -2.39. The average Bonchev–Trinajstić information content (AvgIpc) is 2.21. The van der Waals surface area contributed by atoms with Crippen molar-refractivity contribution in [1.29, 1.82) is 0 Å². The highest BCUT2D eigenvalue weighted by Gasteiger charge is 2.44. The minimum Gasteiger partial charge on any atom is -0.394 e. The lowest BCUT2D eigenvalue weighted by atomic mass is 9.92. The molecule has 0 bridgehead atoms. The Hall–Kier alpha value is -0.530. The quantitative estimate of drug-likeness (QED) is 0.457. The highest BCUT2D eigenvalue weighted by molar-refractivity contribution is 5.55. The molecule has 0 aromatic rings. The van der Waals surface area contributed by atoms with E-state index in [0.717, 1.165) is 0 Å². The van der Waals surface area contributed by atoms with Crippen LogP contribution in [-0.2, 0) is 14.3 Å². The minimum absolute atomic E-state index is 0.441. The summed E-state index contributed by atoms with van der Waals surface area (Å²) in [6.07, 6.45) is -3.94. The molecule has 0 saturated carbocycles. The first kappa shape index (κ1) is 11.5. The molecule has 0 spiro atoms. The van der Waals surface area contributed by atoms with E-state index in [1.54, 1.807) is 0 Å². The molecule has 0 unspecified atom stereocenters. The van der Waals surface area contributed by atoms with Crippen LogP contribution in [-0.4, -0.2) is 59.9 Å². The van der Waals surface area contributed by atoms with E-state index in [9.17, 15) is 15.0 Å². The van der Waals surface area contributed by atoms with Crippen molar-refractivity contribution in [2.24, 2.45) is 5.92 Å². The van der Waals surface area contributed by atoms with Gasteiger partial charge in [0.1, 0.15) is 18.5 Å².